The predicted octanol–water partition coefficient (Wildman–Crippen LogP) is 2.42. The lowest BCUT2D eigenvalue weighted by atomic mass is 9.78. The van der Waals surface area contributed by atoms with Gasteiger partial charge in [0.1, 0.15) is 6.26 Å². The highest BCUT2D eigenvalue weighted by Crippen LogP contribution is 2.38. The van der Waals surface area contributed by atoms with Gasteiger partial charge in [0.2, 0.25) is 5.91 Å². The van der Waals surface area contributed by atoms with Gasteiger partial charge in [0.05, 0.1) is 5.41 Å². The van der Waals surface area contributed by atoms with Crippen molar-refractivity contribution in [2.75, 3.05) is 18.5 Å². The molecule has 0 saturated carbocycles. The second kappa shape index (κ2) is 5.14. The van der Waals surface area contributed by atoms with Crippen molar-refractivity contribution >= 4 is 23.1 Å². The molecule has 1 N–H and O–H groups in total. The lowest BCUT2D eigenvalue weighted by Crippen LogP contribution is -2.44. The van der Waals surface area contributed by atoms with Crippen molar-refractivity contribution in [3.63, 3.8) is 0 Å². The van der Waals surface area contributed by atoms with E-state index in [4.69, 9.17) is 9.26 Å². The molecule has 1 saturated heterocycles. The number of hydrogen-bond acceptors (Lipinski definition) is 5. The fourth-order valence-electron chi connectivity index (χ4n) is 2.37. The topological polar surface area (TPSA) is 64.4 Å². The molecule has 19 heavy (non-hydrogen) atoms. The van der Waals surface area contributed by atoms with Gasteiger partial charge >= 0.3 is 0 Å². The molecule has 100 valence electrons. The highest BCUT2D eigenvalue weighted by Gasteiger charge is 2.42. The number of carbonyl (C=O) groups excluding carboxylic acids is 1. The molecule has 3 rings (SSSR count). The summed E-state index contributed by atoms with van der Waals surface area (Å²) in [5, 5.41) is 8.55. The summed E-state index contributed by atoms with van der Waals surface area (Å²) in [5.41, 5.74) is -0.509. The van der Waals surface area contributed by atoms with Crippen LogP contribution in [0.4, 0.5) is 5.82 Å². The Bertz CT molecular complexity index is 530. The van der Waals surface area contributed by atoms with E-state index in [0.717, 1.165) is 4.88 Å². The number of amides is 1. The highest BCUT2D eigenvalue weighted by molar-refractivity contribution is 7.10. The number of ether oxygens (including phenoxy) is 1. The van der Waals surface area contributed by atoms with Crippen LogP contribution in [-0.4, -0.2) is 24.3 Å². The molecule has 2 aromatic heterocycles. The quantitative estimate of drug-likeness (QED) is 0.936. The van der Waals surface area contributed by atoms with Gasteiger partial charge < -0.3 is 14.6 Å². The van der Waals surface area contributed by atoms with E-state index >= 15 is 0 Å². The minimum absolute atomic E-state index is 0.0350. The molecule has 0 spiro atoms. The fraction of sp³-hybridized carbons (Fsp3) is 0.385. The maximum atomic E-state index is 12.6. The van der Waals surface area contributed by atoms with Crippen molar-refractivity contribution in [2.45, 2.75) is 18.3 Å². The molecule has 0 bridgehead atoms. The average Bonchev–Trinajstić information content (AvgIpc) is 3.12. The zero-order chi connectivity index (χ0) is 13.1. The SMILES string of the molecule is O=C(Nc1ccon1)C1(c2cccs2)CCOCC1. The van der Waals surface area contributed by atoms with Crippen LogP contribution in [0.15, 0.2) is 34.4 Å². The van der Waals surface area contributed by atoms with Crippen molar-refractivity contribution < 1.29 is 14.1 Å². The summed E-state index contributed by atoms with van der Waals surface area (Å²) in [5.74, 6) is 0.416. The van der Waals surface area contributed by atoms with E-state index in [-0.39, 0.29) is 5.91 Å². The molecule has 1 aliphatic rings. The Hall–Kier alpha value is -1.66. The number of nitrogens with one attached hydrogen (secondary N) is 1. The number of anilines is 1. The fourth-order valence-corrected chi connectivity index (χ4v) is 3.35. The Morgan fingerprint density at radius 2 is 2.21 bits per heavy atom. The van der Waals surface area contributed by atoms with Crippen LogP contribution in [-0.2, 0) is 14.9 Å². The van der Waals surface area contributed by atoms with Gasteiger partial charge in [-0.1, -0.05) is 11.2 Å². The van der Waals surface area contributed by atoms with Gasteiger partial charge in [-0.25, -0.2) is 0 Å². The number of nitrogens with zero attached hydrogens (tertiary/aromatic N) is 1. The lowest BCUT2D eigenvalue weighted by molar-refractivity contribution is -0.125. The summed E-state index contributed by atoms with van der Waals surface area (Å²) in [6.07, 6.45) is 2.83. The molecule has 6 heteroatoms. The third kappa shape index (κ3) is 2.29. The van der Waals surface area contributed by atoms with Gasteiger partial charge in [-0.2, -0.15) is 0 Å². The van der Waals surface area contributed by atoms with Crippen LogP contribution in [0.2, 0.25) is 0 Å². The normalized spacial score (nSPS) is 18.1. The molecular formula is C13H14N2O3S. The summed E-state index contributed by atoms with van der Waals surface area (Å²) in [6, 6.07) is 5.62. The zero-order valence-electron chi connectivity index (χ0n) is 10.3. The maximum absolute atomic E-state index is 12.6. The number of aromatic nitrogens is 1. The molecule has 1 fully saturated rings. The highest BCUT2D eigenvalue weighted by atomic mass is 32.1. The molecule has 2 aromatic rings. The third-order valence-corrected chi connectivity index (χ3v) is 4.53. The number of thiophene rings is 1. The van der Waals surface area contributed by atoms with E-state index < -0.39 is 5.41 Å². The summed E-state index contributed by atoms with van der Waals surface area (Å²) in [4.78, 5) is 13.7. The molecule has 3 heterocycles. The third-order valence-electron chi connectivity index (χ3n) is 3.45. The number of carbonyl (C=O) groups is 1. The first-order chi connectivity index (χ1) is 9.31. The molecule has 0 unspecified atom stereocenters. The van der Waals surface area contributed by atoms with E-state index in [0.29, 0.717) is 31.9 Å². The Balaban J connectivity index is 1.88. The van der Waals surface area contributed by atoms with Crippen molar-refractivity contribution in [1.29, 1.82) is 0 Å². The minimum Gasteiger partial charge on any atom is -0.381 e. The van der Waals surface area contributed by atoms with Crippen LogP contribution in [0.1, 0.15) is 17.7 Å². The van der Waals surface area contributed by atoms with Gasteiger partial charge in [-0.3, -0.25) is 4.79 Å². The molecule has 0 aromatic carbocycles. The Morgan fingerprint density at radius 3 is 2.84 bits per heavy atom. The summed E-state index contributed by atoms with van der Waals surface area (Å²) in [6.45, 7) is 1.20. The average molecular weight is 278 g/mol. The van der Waals surface area contributed by atoms with Crippen molar-refractivity contribution in [3.8, 4) is 0 Å². The Kier molecular flexibility index (Phi) is 3.35. The molecule has 1 aliphatic heterocycles. The predicted molar refractivity (Wildman–Crippen MR) is 71.2 cm³/mol. The van der Waals surface area contributed by atoms with E-state index in [2.05, 4.69) is 10.5 Å². The van der Waals surface area contributed by atoms with Crippen LogP contribution < -0.4 is 5.32 Å². The van der Waals surface area contributed by atoms with Crippen LogP contribution in [0, 0.1) is 0 Å². The van der Waals surface area contributed by atoms with E-state index in [1.807, 2.05) is 17.5 Å². The van der Waals surface area contributed by atoms with Crippen molar-refractivity contribution in [2.24, 2.45) is 0 Å². The van der Waals surface area contributed by atoms with Crippen molar-refractivity contribution in [3.05, 3.63) is 34.7 Å². The summed E-state index contributed by atoms with van der Waals surface area (Å²) >= 11 is 1.61. The molecule has 0 radical (unpaired) electrons. The smallest absolute Gasteiger partial charge is 0.237 e. The van der Waals surface area contributed by atoms with Gasteiger partial charge in [0.25, 0.3) is 0 Å². The van der Waals surface area contributed by atoms with E-state index in [1.54, 1.807) is 17.4 Å². The van der Waals surface area contributed by atoms with Gasteiger partial charge in [0.15, 0.2) is 5.82 Å². The van der Waals surface area contributed by atoms with Crippen LogP contribution in [0.5, 0.6) is 0 Å². The second-order valence-corrected chi connectivity index (χ2v) is 5.46. The summed E-state index contributed by atoms with van der Waals surface area (Å²) in [7, 11) is 0. The molecule has 0 atom stereocenters. The van der Waals surface area contributed by atoms with Crippen molar-refractivity contribution in [1.82, 2.24) is 5.16 Å². The molecule has 1 amide bonds. The Labute approximate surface area is 114 Å². The molecule has 0 aliphatic carbocycles. The molecular weight excluding hydrogens is 264 g/mol. The van der Waals surface area contributed by atoms with E-state index in [1.165, 1.54) is 6.26 Å². The van der Waals surface area contributed by atoms with Crippen LogP contribution in [0.3, 0.4) is 0 Å². The van der Waals surface area contributed by atoms with Crippen LogP contribution >= 0.6 is 11.3 Å². The van der Waals surface area contributed by atoms with Gasteiger partial charge in [0, 0.05) is 24.2 Å². The van der Waals surface area contributed by atoms with E-state index in [9.17, 15) is 4.79 Å². The monoisotopic (exact) mass is 278 g/mol. The first kappa shape index (κ1) is 12.4. The first-order valence-corrected chi connectivity index (χ1v) is 7.03. The zero-order valence-corrected chi connectivity index (χ0v) is 11.1. The number of hydrogen-bond donors (Lipinski definition) is 1. The largest absolute Gasteiger partial charge is 0.381 e. The van der Waals surface area contributed by atoms with Crippen LogP contribution in [0.25, 0.3) is 0 Å². The first-order valence-electron chi connectivity index (χ1n) is 6.15. The minimum atomic E-state index is -0.509. The molecule has 5 nitrogen and oxygen atoms in total. The maximum Gasteiger partial charge on any atom is 0.237 e. The summed E-state index contributed by atoms with van der Waals surface area (Å²) < 4.78 is 10.1. The Morgan fingerprint density at radius 1 is 1.37 bits per heavy atom. The van der Waals surface area contributed by atoms with Gasteiger partial charge in [-0.05, 0) is 24.3 Å². The second-order valence-electron chi connectivity index (χ2n) is 4.51. The van der Waals surface area contributed by atoms with Gasteiger partial charge in [-0.15, -0.1) is 11.3 Å². The number of rotatable bonds is 3. The lowest BCUT2D eigenvalue weighted by Gasteiger charge is -2.34. The standard InChI is InChI=1S/C13H14N2O3S/c16-12(14-11-3-6-18-15-11)13(4-7-17-8-5-13)10-2-1-9-19-10/h1-3,6,9H,4-5,7-8H2,(H,14,15,16).